The molecule has 1 unspecified atom stereocenters. The molecule has 1 saturated heterocycles. The summed E-state index contributed by atoms with van der Waals surface area (Å²) in [6.45, 7) is 2.55. The molecule has 0 N–H and O–H groups in total. The van der Waals surface area contributed by atoms with Crippen LogP contribution in [0.1, 0.15) is 41.0 Å². The number of rotatable bonds is 3. The van der Waals surface area contributed by atoms with E-state index in [-0.39, 0.29) is 11.9 Å². The number of aromatic nitrogens is 1. The monoisotopic (exact) mass is 340 g/mol. The van der Waals surface area contributed by atoms with Crippen molar-refractivity contribution in [3.05, 3.63) is 40.2 Å². The van der Waals surface area contributed by atoms with Gasteiger partial charge in [-0.1, -0.05) is 12.1 Å². The van der Waals surface area contributed by atoms with Gasteiger partial charge in [-0.3, -0.25) is 9.59 Å². The van der Waals surface area contributed by atoms with Crippen molar-refractivity contribution in [2.45, 2.75) is 38.6 Å². The first-order valence-electron chi connectivity index (χ1n) is 8.47. The van der Waals surface area contributed by atoms with Crippen LogP contribution < -0.4 is 0 Å². The second-order valence-electron chi connectivity index (χ2n) is 6.73. The minimum Gasteiger partial charge on any atom is -0.334 e. The summed E-state index contributed by atoms with van der Waals surface area (Å²) in [6.07, 6.45) is 3.31. The summed E-state index contributed by atoms with van der Waals surface area (Å²) in [6, 6.07) is 7.80. The lowest BCUT2D eigenvalue weighted by atomic mass is 9.96. The predicted molar refractivity (Wildman–Crippen MR) is 94.1 cm³/mol. The van der Waals surface area contributed by atoms with Gasteiger partial charge in [-0.25, -0.2) is 4.98 Å². The van der Waals surface area contributed by atoms with Gasteiger partial charge in [0.15, 0.2) is 0 Å². The van der Waals surface area contributed by atoms with E-state index in [1.54, 1.807) is 11.3 Å². The number of nitrogens with zero attached hydrogens (tertiary/aromatic N) is 2. The van der Waals surface area contributed by atoms with E-state index in [1.807, 2.05) is 41.5 Å². The lowest BCUT2D eigenvalue weighted by Crippen LogP contribution is -2.47. The van der Waals surface area contributed by atoms with Crippen LogP contribution in [0.3, 0.4) is 0 Å². The van der Waals surface area contributed by atoms with Crippen molar-refractivity contribution in [3.63, 3.8) is 0 Å². The Morgan fingerprint density at radius 2 is 2.00 bits per heavy atom. The van der Waals surface area contributed by atoms with Crippen LogP contribution in [0.25, 0.3) is 11.3 Å². The molecule has 5 heteroatoms. The Morgan fingerprint density at radius 1 is 1.25 bits per heavy atom. The van der Waals surface area contributed by atoms with Crippen LogP contribution in [0.2, 0.25) is 0 Å². The smallest absolute Gasteiger partial charge is 0.254 e. The fraction of sp³-hybridized carbons (Fsp3) is 0.421. The highest BCUT2D eigenvalue weighted by atomic mass is 32.1. The van der Waals surface area contributed by atoms with E-state index >= 15 is 0 Å². The molecule has 1 aromatic carbocycles. The maximum Gasteiger partial charge on any atom is 0.254 e. The third-order valence-electron chi connectivity index (χ3n) is 4.94. The Hall–Kier alpha value is -2.01. The molecule has 1 aromatic heterocycles. The molecule has 0 radical (unpaired) electrons. The van der Waals surface area contributed by atoms with E-state index in [4.69, 9.17) is 0 Å². The molecule has 1 atom stereocenters. The zero-order valence-corrected chi connectivity index (χ0v) is 14.5. The molecule has 0 bridgehead atoms. The Morgan fingerprint density at radius 3 is 2.62 bits per heavy atom. The number of thiazole rings is 1. The number of ketones is 1. The van der Waals surface area contributed by atoms with Gasteiger partial charge >= 0.3 is 0 Å². The normalized spacial score (nSPS) is 21.1. The van der Waals surface area contributed by atoms with Crippen molar-refractivity contribution in [2.75, 3.05) is 6.54 Å². The molecule has 1 aliphatic heterocycles. The van der Waals surface area contributed by atoms with Crippen LogP contribution in [-0.4, -0.2) is 34.2 Å². The second-order valence-corrected chi connectivity index (χ2v) is 7.79. The van der Waals surface area contributed by atoms with Gasteiger partial charge < -0.3 is 4.90 Å². The van der Waals surface area contributed by atoms with Gasteiger partial charge in [-0.05, 0) is 37.8 Å². The Bertz CT molecular complexity index is 777. The van der Waals surface area contributed by atoms with Crippen LogP contribution in [0, 0.1) is 12.8 Å². The number of carbonyl (C=O) groups excluding carboxylic acids is 2. The molecule has 2 aromatic rings. The molecule has 2 heterocycles. The number of hydrogen-bond acceptors (Lipinski definition) is 4. The van der Waals surface area contributed by atoms with Crippen molar-refractivity contribution in [2.24, 2.45) is 5.92 Å². The Balaban J connectivity index is 1.54. The topological polar surface area (TPSA) is 50.3 Å². The van der Waals surface area contributed by atoms with Crippen molar-refractivity contribution < 1.29 is 9.59 Å². The molecule has 1 amide bonds. The molecule has 24 heavy (non-hydrogen) atoms. The maximum atomic E-state index is 12.9. The largest absolute Gasteiger partial charge is 0.334 e. The first kappa shape index (κ1) is 15.5. The molecule has 124 valence electrons. The van der Waals surface area contributed by atoms with E-state index in [0.717, 1.165) is 29.1 Å². The molecule has 2 aliphatic rings. The average molecular weight is 340 g/mol. The minimum atomic E-state index is 0.0559. The zero-order chi connectivity index (χ0) is 16.7. The molecule has 1 saturated carbocycles. The number of amides is 1. The average Bonchev–Trinajstić information content (AvgIpc) is 3.35. The zero-order valence-electron chi connectivity index (χ0n) is 13.7. The molecule has 4 nitrogen and oxygen atoms in total. The quantitative estimate of drug-likeness (QED) is 0.856. The number of aryl methyl sites for hydroxylation is 1. The summed E-state index contributed by atoms with van der Waals surface area (Å²) in [5.41, 5.74) is 2.69. The number of hydrogen-bond donors (Lipinski definition) is 0. The molecule has 1 aliphatic carbocycles. The first-order chi connectivity index (χ1) is 11.6. The van der Waals surface area contributed by atoms with Crippen LogP contribution in [-0.2, 0) is 4.79 Å². The van der Waals surface area contributed by atoms with E-state index in [9.17, 15) is 9.59 Å². The number of likely N-dealkylation sites (tertiary alicyclic amines) is 1. The molecule has 0 spiro atoms. The summed E-state index contributed by atoms with van der Waals surface area (Å²) >= 11 is 1.62. The third kappa shape index (κ3) is 3.00. The number of carbonyl (C=O) groups is 2. The van der Waals surface area contributed by atoms with Gasteiger partial charge in [0.1, 0.15) is 5.78 Å². The Labute approximate surface area is 145 Å². The van der Waals surface area contributed by atoms with Crippen molar-refractivity contribution in [3.8, 4) is 11.3 Å². The summed E-state index contributed by atoms with van der Waals surface area (Å²) < 4.78 is 0. The standard InChI is InChI=1S/C19H20N2O2S/c1-12-20-17(11-24-12)13-2-6-15(7-3-13)19(23)21-9-8-16(22)10-18(21)14-4-5-14/h2-3,6-7,11,14,18H,4-5,8-10H2,1H3. The SMILES string of the molecule is Cc1nc(-c2ccc(C(=O)N3CCC(=O)CC3C3CC3)cc2)cs1. The van der Waals surface area contributed by atoms with E-state index in [2.05, 4.69) is 4.98 Å². The lowest BCUT2D eigenvalue weighted by molar-refractivity contribution is -0.122. The fourth-order valence-corrected chi connectivity index (χ4v) is 4.08. The van der Waals surface area contributed by atoms with Gasteiger partial charge in [0.05, 0.1) is 10.7 Å². The lowest BCUT2D eigenvalue weighted by Gasteiger charge is -2.35. The first-order valence-corrected chi connectivity index (χ1v) is 9.35. The summed E-state index contributed by atoms with van der Waals surface area (Å²) in [5.74, 6) is 0.876. The van der Waals surface area contributed by atoms with Gasteiger partial charge in [0.25, 0.3) is 5.91 Å². The van der Waals surface area contributed by atoms with Crippen molar-refractivity contribution in [1.29, 1.82) is 0 Å². The van der Waals surface area contributed by atoms with Crippen molar-refractivity contribution in [1.82, 2.24) is 9.88 Å². The highest BCUT2D eigenvalue weighted by Crippen LogP contribution is 2.39. The van der Waals surface area contributed by atoms with Gasteiger partial charge in [-0.2, -0.15) is 0 Å². The van der Waals surface area contributed by atoms with E-state index < -0.39 is 0 Å². The highest BCUT2D eigenvalue weighted by Gasteiger charge is 2.41. The molecular weight excluding hydrogens is 320 g/mol. The predicted octanol–water partition coefficient (Wildman–Crippen LogP) is 3.70. The van der Waals surface area contributed by atoms with Gasteiger partial charge in [0, 0.05) is 41.9 Å². The Kier molecular flexibility index (Phi) is 3.96. The van der Waals surface area contributed by atoms with Crippen LogP contribution in [0.5, 0.6) is 0 Å². The van der Waals surface area contributed by atoms with Gasteiger partial charge in [0.2, 0.25) is 0 Å². The van der Waals surface area contributed by atoms with Crippen LogP contribution in [0.15, 0.2) is 29.6 Å². The van der Waals surface area contributed by atoms with E-state index in [0.29, 0.717) is 36.7 Å². The maximum absolute atomic E-state index is 12.9. The summed E-state index contributed by atoms with van der Waals surface area (Å²) in [5, 5.41) is 3.07. The fourth-order valence-electron chi connectivity index (χ4n) is 3.46. The third-order valence-corrected chi connectivity index (χ3v) is 5.72. The highest BCUT2D eigenvalue weighted by molar-refractivity contribution is 7.09. The van der Waals surface area contributed by atoms with Gasteiger partial charge in [-0.15, -0.1) is 11.3 Å². The number of piperidine rings is 1. The van der Waals surface area contributed by atoms with Crippen LogP contribution in [0.4, 0.5) is 0 Å². The number of benzene rings is 1. The van der Waals surface area contributed by atoms with E-state index in [1.165, 1.54) is 0 Å². The minimum absolute atomic E-state index is 0.0559. The molecule has 4 rings (SSSR count). The second kappa shape index (κ2) is 6.13. The molecule has 2 fully saturated rings. The summed E-state index contributed by atoms with van der Waals surface area (Å²) in [4.78, 5) is 31.1. The van der Waals surface area contributed by atoms with Crippen molar-refractivity contribution >= 4 is 23.0 Å². The number of Topliss-reactive ketones (excluding diaryl/α,β-unsaturated/α-hetero) is 1. The van der Waals surface area contributed by atoms with Crippen LogP contribution >= 0.6 is 11.3 Å². The summed E-state index contributed by atoms with van der Waals surface area (Å²) in [7, 11) is 0. The molecular formula is C19H20N2O2S.